The van der Waals surface area contributed by atoms with Gasteiger partial charge in [0, 0.05) is 18.2 Å². The summed E-state index contributed by atoms with van der Waals surface area (Å²) in [7, 11) is -1.32. The Morgan fingerprint density at radius 1 is 1.33 bits per heavy atom. The Balaban J connectivity index is 0.00000171. The zero-order valence-corrected chi connectivity index (χ0v) is 20.6. The first-order chi connectivity index (χ1) is 13.9. The predicted molar refractivity (Wildman–Crippen MR) is 111 cm³/mol. The van der Waals surface area contributed by atoms with Crippen molar-refractivity contribution in [2.45, 2.75) is 50.0 Å². The molecule has 1 aliphatic heterocycles. The van der Waals surface area contributed by atoms with Crippen molar-refractivity contribution in [3.05, 3.63) is 47.8 Å². The van der Waals surface area contributed by atoms with Crippen LogP contribution in [0, 0.1) is 6.92 Å². The Hall–Kier alpha value is -1.29. The summed E-state index contributed by atoms with van der Waals surface area (Å²) in [6, 6.07) is 9.47. The van der Waals surface area contributed by atoms with Gasteiger partial charge in [0.25, 0.3) is 0 Å². The van der Waals surface area contributed by atoms with E-state index in [9.17, 15) is 4.21 Å². The molecule has 4 rings (SSSR count). The van der Waals surface area contributed by atoms with E-state index in [-0.39, 0.29) is 42.8 Å². The minimum absolute atomic E-state index is 0. The average molecular weight is 440 g/mol. The number of para-hydroxylation sites is 2. The van der Waals surface area contributed by atoms with E-state index in [1.807, 2.05) is 51.1 Å². The van der Waals surface area contributed by atoms with Gasteiger partial charge in [0.05, 0.1) is 52.6 Å². The molecule has 0 saturated carbocycles. The fourth-order valence-electron chi connectivity index (χ4n) is 3.30. The monoisotopic (exact) mass is 439 g/mol. The first-order valence-corrected chi connectivity index (χ1v) is 11.0. The minimum atomic E-state index is -1.32. The third-order valence-electron chi connectivity index (χ3n) is 4.87. The standard InChI is InChI=1S/C21H25N3O4S.Na.H/c1-14-18(13-29(25)20-23-16-6-4-5-7-17(16)24-20)22-10-8-19(14)26-11-9-15-12-27-21(2,3)28-15;;/h4-8,10,15H,9,11-13H2,1-3H3,(H,23,24);;/q;+1;-1/t15-,29?;;/m1../s1. The number of nitrogens with one attached hydrogen (secondary N) is 1. The number of pyridine rings is 1. The molecule has 7 nitrogen and oxygen atoms in total. The zero-order valence-electron chi connectivity index (χ0n) is 18.8. The van der Waals surface area contributed by atoms with E-state index in [0.717, 1.165) is 34.5 Å². The summed E-state index contributed by atoms with van der Waals surface area (Å²) in [5.41, 5.74) is 3.31. The molecule has 1 unspecified atom stereocenters. The quantitative estimate of drug-likeness (QED) is 0.543. The summed E-state index contributed by atoms with van der Waals surface area (Å²) in [5.74, 6) is 0.497. The molecule has 3 heterocycles. The predicted octanol–water partition coefficient (Wildman–Crippen LogP) is 0.611. The van der Waals surface area contributed by atoms with E-state index >= 15 is 0 Å². The van der Waals surface area contributed by atoms with E-state index in [2.05, 4.69) is 15.0 Å². The van der Waals surface area contributed by atoms with Gasteiger partial charge in [0.2, 0.25) is 0 Å². The van der Waals surface area contributed by atoms with Crippen LogP contribution in [0.4, 0.5) is 0 Å². The van der Waals surface area contributed by atoms with E-state index in [1.54, 1.807) is 6.20 Å². The number of benzene rings is 1. The van der Waals surface area contributed by atoms with Gasteiger partial charge in [-0.2, -0.15) is 0 Å². The van der Waals surface area contributed by atoms with Gasteiger partial charge in [-0.1, -0.05) is 12.1 Å². The molecule has 2 aromatic heterocycles. The Morgan fingerprint density at radius 3 is 2.87 bits per heavy atom. The van der Waals surface area contributed by atoms with Crippen LogP contribution in [0.5, 0.6) is 5.75 Å². The summed E-state index contributed by atoms with van der Waals surface area (Å²) in [6.07, 6.45) is 2.46. The van der Waals surface area contributed by atoms with Gasteiger partial charge in [-0.15, -0.1) is 0 Å². The van der Waals surface area contributed by atoms with Gasteiger partial charge in [0.1, 0.15) is 5.75 Å². The molecule has 1 aromatic carbocycles. The fraction of sp³-hybridized carbons (Fsp3) is 0.429. The first-order valence-electron chi connectivity index (χ1n) is 9.63. The van der Waals surface area contributed by atoms with Crippen LogP contribution in [0.2, 0.25) is 0 Å². The molecule has 0 radical (unpaired) electrons. The van der Waals surface area contributed by atoms with Crippen molar-refractivity contribution in [3.8, 4) is 5.75 Å². The molecule has 3 aromatic rings. The normalized spacial score (nSPS) is 18.8. The molecule has 1 saturated heterocycles. The molecule has 156 valence electrons. The van der Waals surface area contributed by atoms with Crippen molar-refractivity contribution in [1.29, 1.82) is 0 Å². The Kier molecular flexibility index (Phi) is 7.71. The number of rotatable bonds is 7. The van der Waals surface area contributed by atoms with Crippen LogP contribution in [-0.2, 0) is 26.0 Å². The zero-order chi connectivity index (χ0) is 20.4. The van der Waals surface area contributed by atoms with Crippen molar-refractivity contribution >= 4 is 21.8 Å². The van der Waals surface area contributed by atoms with Gasteiger partial charge in [0.15, 0.2) is 10.9 Å². The molecule has 0 aliphatic carbocycles. The second kappa shape index (κ2) is 9.89. The number of ether oxygens (including phenoxy) is 3. The molecule has 1 fully saturated rings. The molecule has 2 atom stereocenters. The van der Waals surface area contributed by atoms with E-state index in [0.29, 0.717) is 18.4 Å². The van der Waals surface area contributed by atoms with Gasteiger partial charge in [-0.05, 0) is 39.0 Å². The van der Waals surface area contributed by atoms with Crippen LogP contribution in [0.3, 0.4) is 0 Å². The number of fused-ring (bicyclic) bond motifs is 1. The van der Waals surface area contributed by atoms with Crippen LogP contribution in [0.15, 0.2) is 41.7 Å². The molecule has 0 amide bonds. The van der Waals surface area contributed by atoms with Crippen LogP contribution in [-0.4, -0.2) is 44.3 Å². The molecule has 1 N–H and O–H groups in total. The van der Waals surface area contributed by atoms with E-state index < -0.39 is 16.6 Å². The third-order valence-corrected chi connectivity index (χ3v) is 6.03. The molecular formula is C21H26N3NaO4S. The van der Waals surface area contributed by atoms with Crippen molar-refractivity contribution < 1.29 is 49.4 Å². The molecule has 9 heteroatoms. The molecule has 0 spiro atoms. The number of hydrogen-bond acceptors (Lipinski definition) is 6. The van der Waals surface area contributed by atoms with Crippen LogP contribution in [0.1, 0.15) is 33.0 Å². The molecule has 0 bridgehead atoms. The molecule has 30 heavy (non-hydrogen) atoms. The average Bonchev–Trinajstić information content (AvgIpc) is 3.27. The maximum Gasteiger partial charge on any atom is 1.00 e. The van der Waals surface area contributed by atoms with Crippen LogP contribution >= 0.6 is 0 Å². The van der Waals surface area contributed by atoms with E-state index in [4.69, 9.17) is 14.2 Å². The Morgan fingerprint density at radius 2 is 2.13 bits per heavy atom. The first kappa shape index (κ1) is 23.4. The molecular weight excluding hydrogens is 413 g/mol. The number of nitrogens with zero attached hydrogens (tertiary/aromatic N) is 2. The maximum atomic E-state index is 12.8. The van der Waals surface area contributed by atoms with Crippen molar-refractivity contribution in [3.63, 3.8) is 0 Å². The summed E-state index contributed by atoms with van der Waals surface area (Å²) in [5, 5.41) is 0.458. The van der Waals surface area contributed by atoms with E-state index in [1.165, 1.54) is 0 Å². The van der Waals surface area contributed by atoms with Crippen molar-refractivity contribution in [1.82, 2.24) is 15.0 Å². The van der Waals surface area contributed by atoms with Crippen molar-refractivity contribution in [2.24, 2.45) is 0 Å². The Labute approximate surface area is 202 Å². The van der Waals surface area contributed by atoms with Crippen LogP contribution < -0.4 is 34.3 Å². The smallest absolute Gasteiger partial charge is 1.00 e. The minimum Gasteiger partial charge on any atom is -1.00 e. The number of H-pyrrole nitrogens is 1. The summed E-state index contributed by atoms with van der Waals surface area (Å²) in [6.45, 7) is 6.85. The van der Waals surface area contributed by atoms with Gasteiger partial charge < -0.3 is 20.6 Å². The number of aromatic amines is 1. The summed E-state index contributed by atoms with van der Waals surface area (Å²) in [4.78, 5) is 12.0. The second-order valence-corrected chi connectivity index (χ2v) is 8.88. The number of aromatic nitrogens is 3. The number of hydrogen-bond donors (Lipinski definition) is 1. The Bertz CT molecular complexity index is 1010. The topological polar surface area (TPSA) is 86.3 Å². The largest absolute Gasteiger partial charge is 1.00 e. The third kappa shape index (κ3) is 5.49. The van der Waals surface area contributed by atoms with Gasteiger partial charge >= 0.3 is 29.6 Å². The molecule has 1 aliphatic rings. The maximum absolute atomic E-state index is 12.8. The van der Waals surface area contributed by atoms with Gasteiger partial charge in [-0.25, -0.2) is 4.98 Å². The summed E-state index contributed by atoms with van der Waals surface area (Å²) < 4.78 is 30.1. The second-order valence-electron chi connectivity index (χ2n) is 7.52. The van der Waals surface area contributed by atoms with Crippen molar-refractivity contribution in [2.75, 3.05) is 13.2 Å². The van der Waals surface area contributed by atoms with Crippen LogP contribution in [0.25, 0.3) is 11.0 Å². The summed E-state index contributed by atoms with van der Waals surface area (Å²) >= 11 is 0. The number of imidazole rings is 1. The SMILES string of the molecule is Cc1c(OCC[C@@H]2COC(C)(C)O2)ccnc1CS(=O)c1nc2ccccc2[nH]1.[H-].[Na+]. The van der Waals surface area contributed by atoms with Gasteiger partial charge in [-0.3, -0.25) is 9.19 Å². The fourth-order valence-corrected chi connectivity index (χ4v) is 4.40.